The van der Waals surface area contributed by atoms with E-state index in [1.165, 1.54) is 24.4 Å². The first-order valence-corrected chi connectivity index (χ1v) is 5.88. The number of rotatable bonds is 3. The molecule has 0 aliphatic carbocycles. The first kappa shape index (κ1) is 13.2. The lowest BCUT2D eigenvalue weighted by Crippen LogP contribution is -2.17. The number of hydrazone groups is 1. The average molecular weight is 277 g/mol. The smallest absolute Gasteiger partial charge is 0.267 e. The Labute approximate surface area is 114 Å². The predicted octanol–water partition coefficient (Wildman–Crippen LogP) is 3.24. The second kappa shape index (κ2) is 6.11. The molecule has 0 atom stereocenters. The monoisotopic (exact) mass is 276 g/mol. The molecule has 1 amide bonds. The summed E-state index contributed by atoms with van der Waals surface area (Å²) in [7, 11) is 0. The molecule has 0 bridgehead atoms. The second-order valence-electron chi connectivity index (χ2n) is 3.73. The van der Waals surface area contributed by atoms with Gasteiger partial charge in [-0.1, -0.05) is 29.8 Å². The molecule has 19 heavy (non-hydrogen) atoms. The Morgan fingerprint density at radius 3 is 2.63 bits per heavy atom. The van der Waals surface area contributed by atoms with E-state index >= 15 is 0 Å². The van der Waals surface area contributed by atoms with Gasteiger partial charge in [0.05, 0.1) is 11.2 Å². The summed E-state index contributed by atoms with van der Waals surface area (Å²) in [6, 6.07) is 12.6. The molecule has 0 heterocycles. The van der Waals surface area contributed by atoms with Crippen molar-refractivity contribution in [2.45, 2.75) is 0 Å². The molecular formula is C14H10ClFN2O. The van der Waals surface area contributed by atoms with E-state index < -0.39 is 5.82 Å². The molecule has 3 nitrogen and oxygen atoms in total. The van der Waals surface area contributed by atoms with Crippen LogP contribution in [0.15, 0.2) is 53.6 Å². The van der Waals surface area contributed by atoms with E-state index in [1.807, 2.05) is 6.07 Å². The third-order valence-corrected chi connectivity index (χ3v) is 2.70. The zero-order valence-corrected chi connectivity index (χ0v) is 10.6. The number of benzene rings is 2. The van der Waals surface area contributed by atoms with Crippen LogP contribution in [0, 0.1) is 5.82 Å². The van der Waals surface area contributed by atoms with Crippen LogP contribution in [0.2, 0.25) is 5.02 Å². The van der Waals surface area contributed by atoms with Crippen LogP contribution in [0.5, 0.6) is 0 Å². The van der Waals surface area contributed by atoms with Crippen LogP contribution in [0.25, 0.3) is 0 Å². The van der Waals surface area contributed by atoms with Gasteiger partial charge in [-0.05, 0) is 30.3 Å². The molecule has 0 fully saturated rings. The SMILES string of the molecule is O=C(NN=Cc1ccc(F)cc1Cl)c1ccccc1. The van der Waals surface area contributed by atoms with Crippen LogP contribution in [-0.4, -0.2) is 12.1 Å². The maximum atomic E-state index is 12.8. The summed E-state index contributed by atoms with van der Waals surface area (Å²) >= 11 is 5.82. The maximum Gasteiger partial charge on any atom is 0.271 e. The Morgan fingerprint density at radius 1 is 1.21 bits per heavy atom. The van der Waals surface area contributed by atoms with Gasteiger partial charge in [0.2, 0.25) is 0 Å². The number of nitrogens with one attached hydrogen (secondary N) is 1. The first-order chi connectivity index (χ1) is 9.16. The maximum absolute atomic E-state index is 12.8. The number of carbonyl (C=O) groups is 1. The van der Waals surface area contributed by atoms with Gasteiger partial charge in [-0.15, -0.1) is 0 Å². The Kier molecular flexibility index (Phi) is 4.26. The van der Waals surface area contributed by atoms with Crippen molar-refractivity contribution in [3.05, 3.63) is 70.5 Å². The third-order valence-electron chi connectivity index (χ3n) is 2.37. The van der Waals surface area contributed by atoms with Crippen molar-refractivity contribution in [2.75, 3.05) is 0 Å². The van der Waals surface area contributed by atoms with Crippen molar-refractivity contribution in [1.29, 1.82) is 0 Å². The number of nitrogens with zero attached hydrogens (tertiary/aromatic N) is 1. The van der Waals surface area contributed by atoms with Gasteiger partial charge in [0, 0.05) is 11.1 Å². The van der Waals surface area contributed by atoms with Crippen molar-refractivity contribution in [3.63, 3.8) is 0 Å². The summed E-state index contributed by atoms with van der Waals surface area (Å²) in [5.74, 6) is -0.745. The fourth-order valence-corrected chi connectivity index (χ4v) is 1.64. The van der Waals surface area contributed by atoms with Crippen LogP contribution >= 0.6 is 11.6 Å². The van der Waals surface area contributed by atoms with Crippen molar-refractivity contribution >= 4 is 23.7 Å². The molecule has 0 spiro atoms. The van der Waals surface area contributed by atoms with Gasteiger partial charge in [0.25, 0.3) is 5.91 Å². The zero-order chi connectivity index (χ0) is 13.7. The van der Waals surface area contributed by atoms with E-state index in [0.29, 0.717) is 11.1 Å². The summed E-state index contributed by atoms with van der Waals surface area (Å²) in [5, 5.41) is 4.01. The van der Waals surface area contributed by atoms with Gasteiger partial charge in [-0.3, -0.25) is 4.79 Å². The Morgan fingerprint density at radius 2 is 1.95 bits per heavy atom. The molecule has 96 valence electrons. The van der Waals surface area contributed by atoms with Crippen LogP contribution in [0.4, 0.5) is 4.39 Å². The summed E-state index contributed by atoms with van der Waals surface area (Å²) < 4.78 is 12.8. The standard InChI is InChI=1S/C14H10ClFN2O/c15-13-8-12(16)7-6-11(13)9-17-18-14(19)10-4-2-1-3-5-10/h1-9H,(H,18,19). The van der Waals surface area contributed by atoms with Crippen LogP contribution in [0.1, 0.15) is 15.9 Å². The molecule has 2 aromatic rings. The zero-order valence-electron chi connectivity index (χ0n) is 9.81. The van der Waals surface area contributed by atoms with E-state index in [-0.39, 0.29) is 10.9 Å². The highest BCUT2D eigenvalue weighted by atomic mass is 35.5. The minimum Gasteiger partial charge on any atom is -0.267 e. The van der Waals surface area contributed by atoms with Crippen molar-refractivity contribution in [2.24, 2.45) is 5.10 Å². The van der Waals surface area contributed by atoms with Gasteiger partial charge in [-0.2, -0.15) is 5.10 Å². The Hall–Kier alpha value is -2.20. The van der Waals surface area contributed by atoms with Crippen molar-refractivity contribution in [1.82, 2.24) is 5.43 Å². The van der Waals surface area contributed by atoms with Crippen molar-refractivity contribution < 1.29 is 9.18 Å². The van der Waals surface area contributed by atoms with E-state index in [0.717, 1.165) is 0 Å². The van der Waals surface area contributed by atoms with Gasteiger partial charge in [0.15, 0.2) is 0 Å². The minimum atomic E-state index is -0.421. The van der Waals surface area contributed by atoms with Crippen molar-refractivity contribution in [3.8, 4) is 0 Å². The molecule has 0 aromatic heterocycles. The summed E-state index contributed by atoms with van der Waals surface area (Å²) in [6.45, 7) is 0. The molecule has 0 saturated heterocycles. The lowest BCUT2D eigenvalue weighted by atomic mass is 10.2. The lowest BCUT2D eigenvalue weighted by Gasteiger charge is -2.00. The average Bonchev–Trinajstić information content (AvgIpc) is 2.42. The Balaban J connectivity index is 2.02. The lowest BCUT2D eigenvalue weighted by molar-refractivity contribution is 0.0955. The van der Waals surface area contributed by atoms with E-state index in [4.69, 9.17) is 11.6 Å². The molecule has 0 radical (unpaired) electrons. The molecule has 0 saturated carbocycles. The molecular weight excluding hydrogens is 267 g/mol. The number of halogens is 2. The van der Waals surface area contributed by atoms with Gasteiger partial charge in [-0.25, -0.2) is 9.82 Å². The highest BCUT2D eigenvalue weighted by Crippen LogP contribution is 2.14. The third kappa shape index (κ3) is 3.63. The molecule has 1 N–H and O–H groups in total. The summed E-state index contributed by atoms with van der Waals surface area (Å²) in [5.41, 5.74) is 3.40. The van der Waals surface area contributed by atoms with Gasteiger partial charge in [0.1, 0.15) is 5.82 Å². The minimum absolute atomic E-state index is 0.234. The predicted molar refractivity (Wildman–Crippen MR) is 72.9 cm³/mol. The summed E-state index contributed by atoms with van der Waals surface area (Å²) in [6.07, 6.45) is 1.36. The van der Waals surface area contributed by atoms with E-state index in [1.54, 1.807) is 24.3 Å². The Bertz CT molecular complexity index is 614. The van der Waals surface area contributed by atoms with Crippen LogP contribution in [-0.2, 0) is 0 Å². The summed E-state index contributed by atoms with van der Waals surface area (Å²) in [4.78, 5) is 11.7. The fraction of sp³-hybridized carbons (Fsp3) is 0. The number of hydrogen-bond acceptors (Lipinski definition) is 2. The molecule has 5 heteroatoms. The number of amides is 1. The van der Waals surface area contributed by atoms with Gasteiger partial charge >= 0.3 is 0 Å². The van der Waals surface area contributed by atoms with Gasteiger partial charge < -0.3 is 0 Å². The highest BCUT2D eigenvalue weighted by molar-refractivity contribution is 6.33. The highest BCUT2D eigenvalue weighted by Gasteiger charge is 2.02. The molecule has 2 aromatic carbocycles. The molecule has 0 unspecified atom stereocenters. The first-order valence-electron chi connectivity index (χ1n) is 5.50. The second-order valence-corrected chi connectivity index (χ2v) is 4.14. The van der Waals surface area contributed by atoms with Crippen LogP contribution < -0.4 is 5.43 Å². The normalized spacial score (nSPS) is 10.6. The quantitative estimate of drug-likeness (QED) is 0.679. The molecule has 2 rings (SSSR count). The van der Waals surface area contributed by atoms with Crippen LogP contribution in [0.3, 0.4) is 0 Å². The largest absolute Gasteiger partial charge is 0.271 e. The van der Waals surface area contributed by atoms with E-state index in [2.05, 4.69) is 10.5 Å². The number of carbonyl (C=O) groups excluding carboxylic acids is 1. The fourth-order valence-electron chi connectivity index (χ4n) is 1.42. The molecule has 0 aliphatic rings. The molecule has 0 aliphatic heterocycles. The topological polar surface area (TPSA) is 41.5 Å². The van der Waals surface area contributed by atoms with E-state index in [9.17, 15) is 9.18 Å². The number of hydrogen-bond donors (Lipinski definition) is 1.